The van der Waals surface area contributed by atoms with E-state index in [4.69, 9.17) is 0 Å². The first-order valence-electron chi connectivity index (χ1n) is 7.88. The maximum atomic E-state index is 3.57. The monoisotopic (exact) mass is 254 g/mol. The Morgan fingerprint density at radius 2 is 1.78 bits per heavy atom. The van der Waals surface area contributed by atoms with Crippen molar-refractivity contribution in [3.63, 3.8) is 0 Å². The van der Waals surface area contributed by atoms with Crippen LogP contribution in [0.25, 0.3) is 0 Å². The smallest absolute Gasteiger partial charge is 0.00965 e. The first-order chi connectivity index (χ1) is 8.41. The molecule has 108 valence electrons. The normalized spacial score (nSPS) is 20.5. The van der Waals surface area contributed by atoms with Crippen LogP contribution >= 0.6 is 0 Å². The van der Waals surface area contributed by atoms with Crippen molar-refractivity contribution in [3.8, 4) is 0 Å². The van der Waals surface area contributed by atoms with E-state index in [9.17, 15) is 0 Å². The molecule has 1 fully saturated rings. The van der Waals surface area contributed by atoms with E-state index in [1.165, 1.54) is 51.7 Å². The van der Waals surface area contributed by atoms with Gasteiger partial charge in [0, 0.05) is 12.1 Å². The van der Waals surface area contributed by atoms with Crippen molar-refractivity contribution in [2.24, 2.45) is 5.41 Å². The zero-order valence-electron chi connectivity index (χ0n) is 13.3. The van der Waals surface area contributed by atoms with Crippen LogP contribution in [0.15, 0.2) is 0 Å². The lowest BCUT2D eigenvalue weighted by Crippen LogP contribution is -2.36. The molecule has 18 heavy (non-hydrogen) atoms. The molecule has 0 atom stereocenters. The lowest BCUT2D eigenvalue weighted by atomic mass is 9.82. The second-order valence-corrected chi connectivity index (χ2v) is 7.12. The van der Waals surface area contributed by atoms with E-state index in [1.54, 1.807) is 0 Å². The summed E-state index contributed by atoms with van der Waals surface area (Å²) >= 11 is 0. The zero-order chi connectivity index (χ0) is 13.6. The minimum absolute atomic E-state index is 0.271. The molecule has 2 heteroatoms. The number of rotatable bonds is 7. The third kappa shape index (κ3) is 5.27. The average molecular weight is 254 g/mol. The maximum absolute atomic E-state index is 3.57. The van der Waals surface area contributed by atoms with Crippen LogP contribution in [0, 0.1) is 5.41 Å². The molecule has 0 amide bonds. The second kappa shape index (κ2) is 6.91. The first kappa shape index (κ1) is 16.0. The van der Waals surface area contributed by atoms with Crippen LogP contribution in [-0.2, 0) is 0 Å². The van der Waals surface area contributed by atoms with Crippen LogP contribution < -0.4 is 5.32 Å². The number of unbranched alkanes of at least 4 members (excludes halogenated alkanes) is 1. The largest absolute Gasteiger partial charge is 0.312 e. The van der Waals surface area contributed by atoms with Crippen molar-refractivity contribution in [2.75, 3.05) is 26.2 Å². The number of likely N-dealkylation sites (tertiary alicyclic amines) is 1. The minimum atomic E-state index is 0.271. The van der Waals surface area contributed by atoms with Gasteiger partial charge < -0.3 is 10.2 Å². The number of hydrogen-bond acceptors (Lipinski definition) is 2. The maximum Gasteiger partial charge on any atom is 0.00965 e. The minimum Gasteiger partial charge on any atom is -0.312 e. The Labute approximate surface area is 115 Å². The summed E-state index contributed by atoms with van der Waals surface area (Å²) in [6, 6.07) is 0. The van der Waals surface area contributed by atoms with E-state index in [0.717, 1.165) is 6.54 Å². The van der Waals surface area contributed by atoms with Crippen molar-refractivity contribution in [1.82, 2.24) is 10.2 Å². The van der Waals surface area contributed by atoms with Crippen LogP contribution in [0.1, 0.15) is 66.7 Å². The number of nitrogens with one attached hydrogen (secondary N) is 1. The molecular formula is C16H34N2. The molecule has 0 aromatic carbocycles. The molecule has 1 saturated heterocycles. The summed E-state index contributed by atoms with van der Waals surface area (Å²) in [6.45, 7) is 16.6. The first-order valence-corrected chi connectivity index (χ1v) is 7.88. The van der Waals surface area contributed by atoms with Gasteiger partial charge in [-0.25, -0.2) is 0 Å². The molecule has 1 rings (SSSR count). The van der Waals surface area contributed by atoms with Crippen LogP contribution in [0.4, 0.5) is 0 Å². The van der Waals surface area contributed by atoms with Crippen molar-refractivity contribution in [2.45, 2.75) is 72.3 Å². The molecule has 0 radical (unpaired) electrons. The predicted molar refractivity (Wildman–Crippen MR) is 81.1 cm³/mol. The fraction of sp³-hybridized carbons (Fsp3) is 1.00. The molecule has 0 bridgehead atoms. The highest BCUT2D eigenvalue weighted by Gasteiger charge is 2.34. The van der Waals surface area contributed by atoms with Gasteiger partial charge in [0.15, 0.2) is 0 Å². The van der Waals surface area contributed by atoms with E-state index in [1.807, 2.05) is 0 Å². The molecule has 0 aliphatic carbocycles. The van der Waals surface area contributed by atoms with Crippen molar-refractivity contribution >= 4 is 0 Å². The highest BCUT2D eigenvalue weighted by Crippen LogP contribution is 2.36. The zero-order valence-corrected chi connectivity index (χ0v) is 13.3. The Balaban J connectivity index is 2.11. The standard InChI is InChI=1S/C16H34N2/c1-6-16(7-2)10-13-18(14-16)12-9-8-11-17-15(3,4)5/h17H,6-14H2,1-5H3. The Hall–Kier alpha value is -0.0800. The molecule has 1 heterocycles. The quantitative estimate of drug-likeness (QED) is 0.697. The summed E-state index contributed by atoms with van der Waals surface area (Å²) in [6.07, 6.45) is 6.77. The molecule has 0 spiro atoms. The molecular weight excluding hydrogens is 220 g/mol. The summed E-state index contributed by atoms with van der Waals surface area (Å²) in [5, 5.41) is 3.57. The molecule has 1 N–H and O–H groups in total. The van der Waals surface area contributed by atoms with E-state index in [2.05, 4.69) is 44.8 Å². The Bertz CT molecular complexity index is 226. The molecule has 2 nitrogen and oxygen atoms in total. The van der Waals surface area contributed by atoms with Gasteiger partial charge in [0.2, 0.25) is 0 Å². The summed E-state index contributed by atoms with van der Waals surface area (Å²) in [7, 11) is 0. The van der Waals surface area contributed by atoms with E-state index < -0.39 is 0 Å². The third-order valence-corrected chi connectivity index (χ3v) is 4.57. The summed E-state index contributed by atoms with van der Waals surface area (Å²) in [5.41, 5.74) is 0.914. The van der Waals surface area contributed by atoms with Gasteiger partial charge in [-0.2, -0.15) is 0 Å². The van der Waals surface area contributed by atoms with Gasteiger partial charge in [-0.3, -0.25) is 0 Å². The Morgan fingerprint density at radius 1 is 1.11 bits per heavy atom. The highest BCUT2D eigenvalue weighted by molar-refractivity contribution is 4.87. The fourth-order valence-corrected chi connectivity index (χ4v) is 2.97. The number of hydrogen-bond donors (Lipinski definition) is 1. The van der Waals surface area contributed by atoms with Crippen molar-refractivity contribution < 1.29 is 0 Å². The number of nitrogens with zero attached hydrogens (tertiary/aromatic N) is 1. The third-order valence-electron chi connectivity index (χ3n) is 4.57. The van der Waals surface area contributed by atoms with Gasteiger partial charge in [-0.1, -0.05) is 13.8 Å². The summed E-state index contributed by atoms with van der Waals surface area (Å²) < 4.78 is 0. The molecule has 1 aliphatic rings. The highest BCUT2D eigenvalue weighted by atomic mass is 15.2. The average Bonchev–Trinajstić information content (AvgIpc) is 2.72. The van der Waals surface area contributed by atoms with Crippen molar-refractivity contribution in [3.05, 3.63) is 0 Å². The molecule has 1 aliphatic heterocycles. The Kier molecular flexibility index (Phi) is 6.13. The van der Waals surface area contributed by atoms with Gasteiger partial charge in [0.1, 0.15) is 0 Å². The van der Waals surface area contributed by atoms with E-state index in [-0.39, 0.29) is 5.54 Å². The molecule has 0 aromatic heterocycles. The van der Waals surface area contributed by atoms with E-state index >= 15 is 0 Å². The predicted octanol–water partition coefficient (Wildman–Crippen LogP) is 3.67. The lowest BCUT2D eigenvalue weighted by molar-refractivity contribution is 0.237. The lowest BCUT2D eigenvalue weighted by Gasteiger charge is -2.26. The van der Waals surface area contributed by atoms with Crippen molar-refractivity contribution in [1.29, 1.82) is 0 Å². The van der Waals surface area contributed by atoms with Gasteiger partial charge in [-0.05, 0) is 77.9 Å². The Morgan fingerprint density at radius 3 is 2.28 bits per heavy atom. The fourth-order valence-electron chi connectivity index (χ4n) is 2.97. The SMILES string of the molecule is CCC1(CC)CCN(CCCCNC(C)(C)C)C1. The topological polar surface area (TPSA) is 15.3 Å². The van der Waals surface area contributed by atoms with E-state index in [0.29, 0.717) is 5.41 Å². The van der Waals surface area contributed by atoms with Gasteiger partial charge in [0.05, 0.1) is 0 Å². The molecule has 0 saturated carbocycles. The van der Waals surface area contributed by atoms with Crippen LogP contribution in [0.5, 0.6) is 0 Å². The van der Waals surface area contributed by atoms with Crippen LogP contribution in [0.3, 0.4) is 0 Å². The molecule has 0 aromatic rings. The summed E-state index contributed by atoms with van der Waals surface area (Å²) in [4.78, 5) is 2.68. The molecule has 0 unspecified atom stereocenters. The van der Waals surface area contributed by atoms with Crippen LogP contribution in [-0.4, -0.2) is 36.6 Å². The van der Waals surface area contributed by atoms with Gasteiger partial charge >= 0.3 is 0 Å². The van der Waals surface area contributed by atoms with Gasteiger partial charge in [-0.15, -0.1) is 0 Å². The second-order valence-electron chi connectivity index (χ2n) is 7.12. The van der Waals surface area contributed by atoms with Gasteiger partial charge in [0.25, 0.3) is 0 Å². The summed E-state index contributed by atoms with van der Waals surface area (Å²) in [5.74, 6) is 0. The van der Waals surface area contributed by atoms with Crippen LogP contribution in [0.2, 0.25) is 0 Å².